The Labute approximate surface area is 266 Å². The third-order valence-electron chi connectivity index (χ3n) is 9.68. The van der Waals surface area contributed by atoms with Crippen LogP contribution in [0.3, 0.4) is 0 Å². The molecule has 2 aromatic heterocycles. The molecule has 8 aromatic rings. The molecule has 0 unspecified atom stereocenters. The van der Waals surface area contributed by atoms with Crippen LogP contribution >= 0.6 is 0 Å². The molecular weight excluding hydrogens is 560 g/mol. The highest BCUT2D eigenvalue weighted by Gasteiger charge is 2.30. The first-order valence-corrected chi connectivity index (χ1v) is 15.9. The highest BCUT2D eigenvalue weighted by molar-refractivity contribution is 6.14. The number of hydrogen-bond donors (Lipinski definition) is 0. The molecule has 3 nitrogen and oxygen atoms in total. The van der Waals surface area contributed by atoms with Crippen LogP contribution in [0, 0.1) is 0 Å². The molecule has 0 aliphatic heterocycles. The molecule has 3 heteroatoms. The molecule has 0 amide bonds. The van der Waals surface area contributed by atoms with Gasteiger partial charge in [-0.3, -0.25) is 0 Å². The summed E-state index contributed by atoms with van der Waals surface area (Å²) < 4.78 is 8.96. The number of aromatic nitrogens is 2. The van der Waals surface area contributed by atoms with Crippen molar-refractivity contribution in [1.29, 1.82) is 0 Å². The summed E-state index contributed by atoms with van der Waals surface area (Å²) in [6.07, 6.45) is 4.39. The maximum Gasteiger partial charge on any atom is 0.227 e. The number of rotatable bonds is 4. The first kappa shape index (κ1) is 25.4. The molecule has 2 aliphatic carbocycles. The minimum atomic E-state index is 0.662. The molecule has 2 aliphatic rings. The Kier molecular flexibility index (Phi) is 5.40. The van der Waals surface area contributed by atoms with Crippen molar-refractivity contribution in [3.63, 3.8) is 0 Å². The molecule has 0 spiro atoms. The SMILES string of the molecule is C1=C(c2ccccc2)CCc2c1c1cc(-c3ccccc3)ccc1n2-c1cc2c3c(cccc3c1)-c1oc(-c3ccccc3)nc1-2. The summed E-state index contributed by atoms with van der Waals surface area (Å²) in [7, 11) is 0. The Morgan fingerprint density at radius 1 is 0.587 bits per heavy atom. The maximum atomic E-state index is 6.46. The molecule has 0 N–H and O–H groups in total. The highest BCUT2D eigenvalue weighted by atomic mass is 16.4. The molecule has 0 atom stereocenters. The van der Waals surface area contributed by atoms with E-state index in [4.69, 9.17) is 9.40 Å². The average Bonchev–Trinajstić information content (AvgIpc) is 3.80. The molecule has 2 heterocycles. The zero-order chi connectivity index (χ0) is 30.2. The Hall–Kier alpha value is -5.93. The van der Waals surface area contributed by atoms with Crippen molar-refractivity contribution in [1.82, 2.24) is 9.55 Å². The van der Waals surface area contributed by atoms with Gasteiger partial charge in [-0.1, -0.05) is 103 Å². The van der Waals surface area contributed by atoms with Crippen molar-refractivity contribution < 1.29 is 4.42 Å². The molecular formula is C43H28N2O. The van der Waals surface area contributed by atoms with E-state index in [1.807, 2.05) is 18.2 Å². The topological polar surface area (TPSA) is 31.0 Å². The number of oxazole rings is 1. The van der Waals surface area contributed by atoms with Crippen molar-refractivity contribution in [2.45, 2.75) is 12.8 Å². The van der Waals surface area contributed by atoms with Gasteiger partial charge in [-0.2, -0.15) is 0 Å². The van der Waals surface area contributed by atoms with Crippen LogP contribution in [0.25, 0.3) is 84.2 Å². The number of benzene rings is 6. The van der Waals surface area contributed by atoms with Gasteiger partial charge in [0.05, 0.1) is 5.52 Å². The minimum Gasteiger partial charge on any atom is -0.435 e. The summed E-state index contributed by atoms with van der Waals surface area (Å²) in [5.41, 5.74) is 14.4. The van der Waals surface area contributed by atoms with Gasteiger partial charge in [0.1, 0.15) is 5.69 Å². The van der Waals surface area contributed by atoms with E-state index in [1.165, 1.54) is 55.2 Å². The normalized spacial score (nSPS) is 13.2. The van der Waals surface area contributed by atoms with Crippen LogP contribution in [0.5, 0.6) is 0 Å². The Morgan fingerprint density at radius 2 is 1.33 bits per heavy atom. The van der Waals surface area contributed by atoms with E-state index in [1.54, 1.807) is 0 Å². The molecule has 0 bridgehead atoms. The van der Waals surface area contributed by atoms with Gasteiger partial charge in [0.2, 0.25) is 5.89 Å². The van der Waals surface area contributed by atoms with Gasteiger partial charge in [0.15, 0.2) is 5.76 Å². The molecule has 0 saturated carbocycles. The lowest BCUT2D eigenvalue weighted by atomic mass is 9.91. The zero-order valence-electron chi connectivity index (χ0n) is 25.1. The molecule has 216 valence electrons. The monoisotopic (exact) mass is 588 g/mol. The fraction of sp³-hybridized carbons (Fsp3) is 0.0465. The van der Waals surface area contributed by atoms with E-state index in [9.17, 15) is 0 Å². The lowest BCUT2D eigenvalue weighted by Gasteiger charge is -2.18. The van der Waals surface area contributed by atoms with Gasteiger partial charge >= 0.3 is 0 Å². The second kappa shape index (κ2) is 9.79. The van der Waals surface area contributed by atoms with E-state index in [2.05, 4.69) is 132 Å². The molecule has 6 aromatic carbocycles. The molecule has 0 fully saturated rings. The van der Waals surface area contributed by atoms with Crippen LogP contribution in [-0.2, 0) is 6.42 Å². The van der Waals surface area contributed by atoms with Gasteiger partial charge in [-0.05, 0) is 83.0 Å². The summed E-state index contributed by atoms with van der Waals surface area (Å²) in [4.78, 5) is 5.08. The zero-order valence-corrected chi connectivity index (χ0v) is 25.1. The van der Waals surface area contributed by atoms with Gasteiger partial charge in [0.25, 0.3) is 0 Å². The summed E-state index contributed by atoms with van der Waals surface area (Å²) in [5.74, 6) is 1.52. The van der Waals surface area contributed by atoms with Crippen LogP contribution in [0.15, 0.2) is 144 Å². The van der Waals surface area contributed by atoms with Crippen molar-refractivity contribution in [3.8, 4) is 50.8 Å². The number of allylic oxidation sites excluding steroid dienone is 1. The largest absolute Gasteiger partial charge is 0.435 e. The smallest absolute Gasteiger partial charge is 0.227 e. The van der Waals surface area contributed by atoms with E-state index >= 15 is 0 Å². The van der Waals surface area contributed by atoms with Gasteiger partial charge in [-0.15, -0.1) is 0 Å². The fourth-order valence-corrected chi connectivity index (χ4v) is 7.57. The second-order valence-corrected chi connectivity index (χ2v) is 12.3. The Balaban J connectivity index is 1.21. The molecule has 0 radical (unpaired) electrons. The molecule has 46 heavy (non-hydrogen) atoms. The van der Waals surface area contributed by atoms with E-state index < -0.39 is 0 Å². The Morgan fingerprint density at radius 3 is 2.11 bits per heavy atom. The Bertz CT molecular complexity index is 2500. The fourth-order valence-electron chi connectivity index (χ4n) is 7.57. The van der Waals surface area contributed by atoms with Gasteiger partial charge < -0.3 is 8.98 Å². The van der Waals surface area contributed by atoms with E-state index in [-0.39, 0.29) is 0 Å². The quantitative estimate of drug-likeness (QED) is 0.205. The summed E-state index contributed by atoms with van der Waals surface area (Å²) >= 11 is 0. The third kappa shape index (κ3) is 3.75. The minimum absolute atomic E-state index is 0.662. The lowest BCUT2D eigenvalue weighted by Crippen LogP contribution is -2.05. The molecule has 0 saturated heterocycles. The number of hydrogen-bond acceptors (Lipinski definition) is 2. The standard InChI is InChI=1S/C43H28N2O/c1-4-11-27(12-5-1)30-19-21-38-35(24-30)36-25-31(28-13-6-2-7-14-28)20-22-39(36)45(38)33-23-32-17-10-18-34-40(32)37(26-33)41-42(34)46-43(44-41)29-15-8-3-9-16-29/h1-19,21,23-26H,20,22H2. The lowest BCUT2D eigenvalue weighted by molar-refractivity contribution is 0.590. The van der Waals surface area contributed by atoms with Crippen LogP contribution in [0.4, 0.5) is 0 Å². The van der Waals surface area contributed by atoms with Crippen molar-refractivity contribution in [2.24, 2.45) is 0 Å². The number of nitrogens with zero attached hydrogens (tertiary/aromatic N) is 2. The van der Waals surface area contributed by atoms with Crippen LogP contribution in [-0.4, -0.2) is 9.55 Å². The van der Waals surface area contributed by atoms with E-state index in [0.717, 1.165) is 46.7 Å². The van der Waals surface area contributed by atoms with Gasteiger partial charge in [-0.25, -0.2) is 4.98 Å². The third-order valence-corrected chi connectivity index (χ3v) is 9.68. The summed E-state index contributed by atoms with van der Waals surface area (Å²) in [5, 5.41) is 3.70. The van der Waals surface area contributed by atoms with Crippen LogP contribution < -0.4 is 0 Å². The van der Waals surface area contributed by atoms with Crippen molar-refractivity contribution in [3.05, 3.63) is 156 Å². The van der Waals surface area contributed by atoms with Crippen LogP contribution in [0.2, 0.25) is 0 Å². The second-order valence-electron chi connectivity index (χ2n) is 12.3. The highest BCUT2D eigenvalue weighted by Crippen LogP contribution is 2.50. The number of fused-ring (bicyclic) bond motifs is 6. The van der Waals surface area contributed by atoms with Crippen LogP contribution in [0.1, 0.15) is 23.2 Å². The maximum absolute atomic E-state index is 6.46. The van der Waals surface area contributed by atoms with E-state index in [0.29, 0.717) is 5.89 Å². The molecule has 10 rings (SSSR count). The van der Waals surface area contributed by atoms with Crippen molar-refractivity contribution in [2.75, 3.05) is 0 Å². The first-order valence-electron chi connectivity index (χ1n) is 15.9. The van der Waals surface area contributed by atoms with Crippen molar-refractivity contribution >= 4 is 33.3 Å². The predicted molar refractivity (Wildman–Crippen MR) is 189 cm³/mol. The predicted octanol–water partition coefficient (Wildman–Crippen LogP) is 11.2. The average molecular weight is 589 g/mol. The first-order chi connectivity index (χ1) is 22.8. The summed E-state index contributed by atoms with van der Waals surface area (Å²) in [6.45, 7) is 0. The van der Waals surface area contributed by atoms with Gasteiger partial charge in [0, 0.05) is 44.4 Å². The summed E-state index contributed by atoms with van der Waals surface area (Å²) in [6, 6.07) is 49.8.